The van der Waals surface area contributed by atoms with Gasteiger partial charge in [0.15, 0.2) is 5.78 Å². The maximum atomic E-state index is 12.5. The summed E-state index contributed by atoms with van der Waals surface area (Å²) in [6.07, 6.45) is 1.83. The Bertz CT molecular complexity index is 688. The van der Waals surface area contributed by atoms with Gasteiger partial charge in [-0.1, -0.05) is 0 Å². The van der Waals surface area contributed by atoms with Gasteiger partial charge in [-0.25, -0.2) is 4.98 Å². The maximum Gasteiger partial charge on any atom is 0.264 e. The van der Waals surface area contributed by atoms with E-state index in [1.807, 2.05) is 16.5 Å². The fourth-order valence-corrected chi connectivity index (χ4v) is 4.34. The summed E-state index contributed by atoms with van der Waals surface area (Å²) in [5.41, 5.74) is 0.620. The summed E-state index contributed by atoms with van der Waals surface area (Å²) in [6, 6.07) is 2.00. The molecular weight excluding hydrogens is 330 g/mol. The second kappa shape index (κ2) is 6.90. The zero-order valence-corrected chi connectivity index (χ0v) is 14.8. The zero-order valence-electron chi connectivity index (χ0n) is 13.2. The van der Waals surface area contributed by atoms with Crippen molar-refractivity contribution in [1.29, 1.82) is 0 Å². The molecule has 0 aliphatic carbocycles. The summed E-state index contributed by atoms with van der Waals surface area (Å²) < 4.78 is 0. The Balaban J connectivity index is 1.59. The fourth-order valence-electron chi connectivity index (χ4n) is 2.70. The Kier molecular flexibility index (Phi) is 4.89. The molecule has 0 bridgehead atoms. The summed E-state index contributed by atoms with van der Waals surface area (Å²) >= 11 is 3.02. The molecule has 3 rings (SSSR count). The molecule has 23 heavy (non-hydrogen) atoms. The van der Waals surface area contributed by atoms with Gasteiger partial charge in [0.25, 0.3) is 5.91 Å². The van der Waals surface area contributed by atoms with Gasteiger partial charge in [0.2, 0.25) is 0 Å². The van der Waals surface area contributed by atoms with Crippen LogP contribution in [0.4, 0.5) is 0 Å². The van der Waals surface area contributed by atoms with E-state index in [4.69, 9.17) is 0 Å². The van der Waals surface area contributed by atoms with Crippen LogP contribution >= 0.6 is 22.7 Å². The number of nitrogens with zero attached hydrogens (tertiary/aromatic N) is 3. The molecule has 1 unspecified atom stereocenters. The van der Waals surface area contributed by atoms with Crippen LogP contribution in [0.25, 0.3) is 0 Å². The first-order valence-electron chi connectivity index (χ1n) is 7.58. The van der Waals surface area contributed by atoms with Crippen molar-refractivity contribution in [1.82, 2.24) is 14.8 Å². The zero-order chi connectivity index (χ0) is 16.4. The number of carbonyl (C=O) groups excluding carboxylic acids is 2. The van der Waals surface area contributed by atoms with Crippen LogP contribution in [0.1, 0.15) is 44.9 Å². The van der Waals surface area contributed by atoms with Crippen molar-refractivity contribution in [3.63, 3.8) is 0 Å². The van der Waals surface area contributed by atoms with Gasteiger partial charge in [-0.3, -0.25) is 14.5 Å². The number of amides is 1. The standard InChI is InChI=1S/C16H19N3O2S2/c1-11(15-17-3-8-22-15)18-4-6-19(7-5-18)16(21)14-9-13(10-23-14)12(2)20/h3,8-11H,4-7H2,1-2H3. The highest BCUT2D eigenvalue weighted by Gasteiger charge is 2.27. The number of hydrogen-bond acceptors (Lipinski definition) is 6. The van der Waals surface area contributed by atoms with E-state index in [0.717, 1.165) is 18.1 Å². The highest BCUT2D eigenvalue weighted by atomic mass is 32.1. The molecule has 0 saturated carbocycles. The summed E-state index contributed by atoms with van der Waals surface area (Å²) in [6.45, 7) is 6.79. The molecule has 1 aliphatic rings. The SMILES string of the molecule is CC(=O)c1csc(C(=O)N2CCN(C(C)c3nccs3)CC2)c1. The van der Waals surface area contributed by atoms with E-state index in [9.17, 15) is 9.59 Å². The van der Waals surface area contributed by atoms with Crippen molar-refractivity contribution >= 4 is 34.4 Å². The molecule has 5 nitrogen and oxygen atoms in total. The van der Waals surface area contributed by atoms with Crippen molar-refractivity contribution in [2.75, 3.05) is 26.2 Å². The molecular formula is C16H19N3O2S2. The number of Topliss-reactive ketones (excluding diaryl/α,β-unsaturated/α-hetero) is 1. The van der Waals surface area contributed by atoms with E-state index < -0.39 is 0 Å². The lowest BCUT2D eigenvalue weighted by molar-refractivity contribution is 0.0586. The normalized spacial score (nSPS) is 17.2. The first-order chi connectivity index (χ1) is 11.1. The number of ketones is 1. The third-order valence-electron chi connectivity index (χ3n) is 4.17. The minimum Gasteiger partial charge on any atom is -0.335 e. The molecule has 1 saturated heterocycles. The summed E-state index contributed by atoms with van der Waals surface area (Å²) in [4.78, 5) is 33.2. The molecule has 122 valence electrons. The van der Waals surface area contributed by atoms with Gasteiger partial charge >= 0.3 is 0 Å². The van der Waals surface area contributed by atoms with Crippen LogP contribution in [0.3, 0.4) is 0 Å². The van der Waals surface area contributed by atoms with E-state index in [0.29, 0.717) is 29.6 Å². The van der Waals surface area contributed by atoms with Gasteiger partial charge in [0.05, 0.1) is 10.9 Å². The first-order valence-corrected chi connectivity index (χ1v) is 9.34. The van der Waals surface area contributed by atoms with Crippen molar-refractivity contribution in [2.24, 2.45) is 0 Å². The number of hydrogen-bond donors (Lipinski definition) is 0. The van der Waals surface area contributed by atoms with Gasteiger partial charge in [-0.05, 0) is 19.9 Å². The molecule has 1 aliphatic heterocycles. The van der Waals surface area contributed by atoms with Crippen molar-refractivity contribution in [3.8, 4) is 0 Å². The minimum atomic E-state index is 0.00221. The lowest BCUT2D eigenvalue weighted by atomic mass is 10.2. The summed E-state index contributed by atoms with van der Waals surface area (Å²) in [7, 11) is 0. The number of thiazole rings is 1. The van der Waals surface area contributed by atoms with Crippen LogP contribution in [0.2, 0.25) is 0 Å². The second-order valence-corrected chi connectivity index (χ2v) is 7.47. The van der Waals surface area contributed by atoms with Gasteiger partial charge in [-0.2, -0.15) is 0 Å². The highest BCUT2D eigenvalue weighted by molar-refractivity contribution is 7.12. The Morgan fingerprint density at radius 3 is 2.52 bits per heavy atom. The average Bonchev–Trinajstić information content (AvgIpc) is 3.25. The minimum absolute atomic E-state index is 0.00221. The number of carbonyl (C=O) groups is 2. The smallest absolute Gasteiger partial charge is 0.264 e. The van der Waals surface area contributed by atoms with E-state index >= 15 is 0 Å². The lowest BCUT2D eigenvalue weighted by Crippen LogP contribution is -2.49. The Morgan fingerprint density at radius 1 is 1.22 bits per heavy atom. The highest BCUT2D eigenvalue weighted by Crippen LogP contribution is 2.24. The number of piperazine rings is 1. The maximum absolute atomic E-state index is 12.5. The second-order valence-electron chi connectivity index (χ2n) is 5.63. The molecule has 0 aromatic carbocycles. The van der Waals surface area contributed by atoms with Crippen LogP contribution in [-0.4, -0.2) is 52.7 Å². The topological polar surface area (TPSA) is 53.5 Å². The summed E-state index contributed by atoms with van der Waals surface area (Å²) in [5, 5.41) is 4.87. The van der Waals surface area contributed by atoms with Crippen molar-refractivity contribution < 1.29 is 9.59 Å². The van der Waals surface area contributed by atoms with Gasteiger partial charge in [-0.15, -0.1) is 22.7 Å². The Morgan fingerprint density at radius 2 is 1.96 bits per heavy atom. The molecule has 1 atom stereocenters. The van der Waals surface area contributed by atoms with Crippen LogP contribution in [0, 0.1) is 0 Å². The molecule has 2 aromatic heterocycles. The van der Waals surface area contributed by atoms with Crippen molar-refractivity contribution in [3.05, 3.63) is 38.5 Å². The third kappa shape index (κ3) is 3.52. The van der Waals surface area contributed by atoms with E-state index in [1.54, 1.807) is 22.8 Å². The Hall–Kier alpha value is -1.57. The number of thiophene rings is 1. The molecule has 1 fully saturated rings. The molecule has 0 spiro atoms. The molecule has 0 radical (unpaired) electrons. The molecule has 0 N–H and O–H groups in total. The predicted octanol–water partition coefficient (Wildman–Crippen LogP) is 2.93. The molecule has 3 heterocycles. The largest absolute Gasteiger partial charge is 0.335 e. The van der Waals surface area contributed by atoms with E-state index in [2.05, 4.69) is 16.8 Å². The average molecular weight is 349 g/mol. The first kappa shape index (κ1) is 16.3. The fraction of sp³-hybridized carbons (Fsp3) is 0.438. The third-order valence-corrected chi connectivity index (χ3v) is 6.04. The van der Waals surface area contributed by atoms with Crippen LogP contribution in [-0.2, 0) is 0 Å². The van der Waals surface area contributed by atoms with E-state index in [-0.39, 0.29) is 11.7 Å². The van der Waals surface area contributed by atoms with Gasteiger partial charge in [0.1, 0.15) is 5.01 Å². The quantitative estimate of drug-likeness (QED) is 0.797. The Labute approximate surface area is 143 Å². The number of rotatable bonds is 4. The molecule has 1 amide bonds. The van der Waals surface area contributed by atoms with E-state index in [1.165, 1.54) is 18.3 Å². The van der Waals surface area contributed by atoms with Crippen LogP contribution in [0.5, 0.6) is 0 Å². The summed E-state index contributed by atoms with van der Waals surface area (Å²) in [5.74, 6) is 0.0337. The van der Waals surface area contributed by atoms with Crippen molar-refractivity contribution in [2.45, 2.75) is 19.9 Å². The van der Waals surface area contributed by atoms with Crippen LogP contribution in [0.15, 0.2) is 23.0 Å². The number of aromatic nitrogens is 1. The molecule has 2 aromatic rings. The van der Waals surface area contributed by atoms with Gasteiger partial charge in [0, 0.05) is 48.7 Å². The van der Waals surface area contributed by atoms with Gasteiger partial charge < -0.3 is 4.90 Å². The monoisotopic (exact) mass is 349 g/mol. The van der Waals surface area contributed by atoms with Crippen LogP contribution < -0.4 is 0 Å². The predicted molar refractivity (Wildman–Crippen MR) is 92.3 cm³/mol. The molecule has 7 heteroatoms. The lowest BCUT2D eigenvalue weighted by Gasteiger charge is -2.37.